The van der Waals surface area contributed by atoms with Crippen molar-refractivity contribution >= 4 is 0 Å². The molecule has 0 rings (SSSR count). The van der Waals surface area contributed by atoms with Crippen LogP contribution in [0.4, 0.5) is 0 Å². The first-order valence-electron chi connectivity index (χ1n) is 4.76. The molecule has 0 aromatic carbocycles. The lowest BCUT2D eigenvalue weighted by Gasteiger charge is -2.20. The lowest BCUT2D eigenvalue weighted by molar-refractivity contribution is 0.312. The van der Waals surface area contributed by atoms with Crippen molar-refractivity contribution in [3.63, 3.8) is 0 Å². The summed E-state index contributed by atoms with van der Waals surface area (Å²) in [6.07, 6.45) is 8.75. The molecule has 15 heavy (non-hydrogen) atoms. The van der Waals surface area contributed by atoms with Crippen LogP contribution in [0.15, 0.2) is 48.5 Å². The molecule has 3 heteroatoms. The Bertz CT molecular complexity index is 299. The quantitative estimate of drug-likeness (QED) is 0.482. The van der Waals surface area contributed by atoms with E-state index in [1.54, 1.807) is 25.2 Å². The minimum Gasteiger partial charge on any atom is -0.511 e. The Morgan fingerprint density at radius 1 is 1.47 bits per heavy atom. The highest BCUT2D eigenvalue weighted by Crippen LogP contribution is 2.14. The van der Waals surface area contributed by atoms with Gasteiger partial charge in [0.25, 0.3) is 0 Å². The largest absolute Gasteiger partial charge is 0.511 e. The summed E-state index contributed by atoms with van der Waals surface area (Å²) in [7, 11) is 0. The van der Waals surface area contributed by atoms with Crippen LogP contribution in [0, 0.1) is 0 Å². The van der Waals surface area contributed by atoms with Gasteiger partial charge in [-0.1, -0.05) is 24.8 Å². The van der Waals surface area contributed by atoms with Crippen molar-refractivity contribution in [3.8, 4) is 0 Å². The number of nitrogens with two attached hydrogens (primary N) is 1. The summed E-state index contributed by atoms with van der Waals surface area (Å²) < 4.78 is 0. The fraction of sp³-hybridized carbons (Fsp3) is 0.333. The van der Waals surface area contributed by atoms with Crippen LogP contribution >= 0.6 is 0 Å². The van der Waals surface area contributed by atoms with Crippen LogP contribution in [0.25, 0.3) is 0 Å². The van der Waals surface area contributed by atoms with E-state index in [1.165, 1.54) is 6.08 Å². The number of allylic oxidation sites excluding steroid dienone is 4. The van der Waals surface area contributed by atoms with Gasteiger partial charge in [0.15, 0.2) is 0 Å². The summed E-state index contributed by atoms with van der Waals surface area (Å²) in [6, 6.07) is 0. The Kier molecular flexibility index (Phi) is 5.49. The zero-order valence-electron chi connectivity index (χ0n) is 9.27. The van der Waals surface area contributed by atoms with Gasteiger partial charge in [-0.15, -0.1) is 0 Å². The molecule has 3 nitrogen and oxygen atoms in total. The van der Waals surface area contributed by atoms with Gasteiger partial charge in [-0.25, -0.2) is 0 Å². The third-order valence-electron chi connectivity index (χ3n) is 1.95. The molecular formula is C12H19NO2. The molecule has 0 aromatic heterocycles. The van der Waals surface area contributed by atoms with Gasteiger partial charge in [-0.3, -0.25) is 0 Å². The highest BCUT2D eigenvalue weighted by atomic mass is 16.3. The van der Waals surface area contributed by atoms with E-state index in [0.29, 0.717) is 6.42 Å². The number of hydrogen-bond acceptors (Lipinski definition) is 3. The van der Waals surface area contributed by atoms with Gasteiger partial charge in [0.05, 0.1) is 5.54 Å². The van der Waals surface area contributed by atoms with Crippen molar-refractivity contribution in [1.29, 1.82) is 0 Å². The van der Waals surface area contributed by atoms with E-state index >= 15 is 0 Å². The SMILES string of the molecule is C=C(O)C(C)(N)C/C=C/C(O)=C\C=C/C. The number of hydrogen-bond donors (Lipinski definition) is 3. The number of rotatable bonds is 5. The smallest absolute Gasteiger partial charge is 0.115 e. The van der Waals surface area contributed by atoms with Gasteiger partial charge < -0.3 is 15.9 Å². The third-order valence-corrected chi connectivity index (χ3v) is 1.95. The molecule has 0 spiro atoms. The molecule has 0 amide bonds. The summed E-state index contributed by atoms with van der Waals surface area (Å²) in [6.45, 7) is 6.92. The second-order valence-electron chi connectivity index (χ2n) is 3.59. The van der Waals surface area contributed by atoms with E-state index in [2.05, 4.69) is 6.58 Å². The van der Waals surface area contributed by atoms with E-state index in [-0.39, 0.29) is 11.5 Å². The normalized spacial score (nSPS) is 17.1. The maximum atomic E-state index is 9.31. The average molecular weight is 209 g/mol. The van der Waals surface area contributed by atoms with Gasteiger partial charge in [-0.05, 0) is 32.4 Å². The van der Waals surface area contributed by atoms with Gasteiger partial charge in [0.2, 0.25) is 0 Å². The van der Waals surface area contributed by atoms with Crippen LogP contribution < -0.4 is 5.73 Å². The predicted molar refractivity (Wildman–Crippen MR) is 63.6 cm³/mol. The maximum absolute atomic E-state index is 9.31. The predicted octanol–water partition coefficient (Wildman–Crippen LogP) is 2.74. The molecule has 0 aliphatic carbocycles. The molecule has 4 N–H and O–H groups in total. The first-order valence-corrected chi connectivity index (χ1v) is 4.76. The van der Waals surface area contributed by atoms with Crippen LogP contribution in [0.2, 0.25) is 0 Å². The Balaban J connectivity index is 4.27. The van der Waals surface area contributed by atoms with Crippen molar-refractivity contribution in [2.45, 2.75) is 25.8 Å². The van der Waals surface area contributed by atoms with E-state index in [0.717, 1.165) is 0 Å². The summed E-state index contributed by atoms with van der Waals surface area (Å²) in [5, 5.41) is 18.5. The molecule has 1 unspecified atom stereocenters. The van der Waals surface area contributed by atoms with E-state index < -0.39 is 5.54 Å². The van der Waals surface area contributed by atoms with Gasteiger partial charge in [-0.2, -0.15) is 0 Å². The lowest BCUT2D eigenvalue weighted by Crippen LogP contribution is -2.37. The van der Waals surface area contributed by atoms with E-state index in [1.807, 2.05) is 13.0 Å². The molecule has 0 heterocycles. The van der Waals surface area contributed by atoms with Crippen LogP contribution in [0.3, 0.4) is 0 Å². The molecule has 0 aromatic rings. The Morgan fingerprint density at radius 2 is 2.07 bits per heavy atom. The standard InChI is InChI=1S/C12H19NO2/c1-4-5-7-11(15)8-6-9-12(3,13)10(2)14/h4-8,14-15H,2,9,13H2,1,3H3/b5-4-,8-6+,11-7+. The Hall–Kier alpha value is -1.48. The minimum atomic E-state index is -0.850. The van der Waals surface area contributed by atoms with Crippen molar-refractivity contribution in [2.24, 2.45) is 5.73 Å². The average Bonchev–Trinajstić information content (AvgIpc) is 2.14. The van der Waals surface area contributed by atoms with E-state index in [4.69, 9.17) is 10.8 Å². The monoisotopic (exact) mass is 209 g/mol. The Morgan fingerprint density at radius 3 is 2.53 bits per heavy atom. The van der Waals surface area contributed by atoms with Crippen LogP contribution in [-0.2, 0) is 0 Å². The zero-order valence-corrected chi connectivity index (χ0v) is 9.27. The molecule has 0 aliphatic heterocycles. The number of aliphatic hydroxyl groups is 2. The van der Waals surface area contributed by atoms with Gasteiger partial charge in [0.1, 0.15) is 11.5 Å². The fourth-order valence-corrected chi connectivity index (χ4v) is 0.793. The molecule has 0 fully saturated rings. The first kappa shape index (κ1) is 13.5. The first-order chi connectivity index (χ1) is 6.90. The highest BCUT2D eigenvalue weighted by molar-refractivity contribution is 5.18. The molecule has 84 valence electrons. The van der Waals surface area contributed by atoms with Crippen LogP contribution in [0.1, 0.15) is 20.3 Å². The summed E-state index contributed by atoms with van der Waals surface area (Å²) >= 11 is 0. The summed E-state index contributed by atoms with van der Waals surface area (Å²) in [5.74, 6) is 0.0801. The fourth-order valence-electron chi connectivity index (χ4n) is 0.793. The summed E-state index contributed by atoms with van der Waals surface area (Å²) in [5.41, 5.74) is 4.88. The molecule has 1 atom stereocenters. The molecule has 0 radical (unpaired) electrons. The second-order valence-corrected chi connectivity index (χ2v) is 3.59. The number of aliphatic hydroxyl groups excluding tert-OH is 2. The van der Waals surface area contributed by atoms with Crippen molar-refractivity contribution in [3.05, 3.63) is 48.5 Å². The molecule has 0 aliphatic rings. The highest BCUT2D eigenvalue weighted by Gasteiger charge is 2.19. The lowest BCUT2D eigenvalue weighted by atomic mass is 9.97. The Labute approximate surface area is 90.9 Å². The van der Waals surface area contributed by atoms with E-state index in [9.17, 15) is 5.11 Å². The van der Waals surface area contributed by atoms with Crippen molar-refractivity contribution in [2.75, 3.05) is 0 Å². The molecule has 0 saturated heterocycles. The van der Waals surface area contributed by atoms with Crippen LogP contribution in [-0.4, -0.2) is 15.8 Å². The minimum absolute atomic E-state index is 0.0657. The summed E-state index contributed by atoms with van der Waals surface area (Å²) in [4.78, 5) is 0. The van der Waals surface area contributed by atoms with Crippen molar-refractivity contribution in [1.82, 2.24) is 0 Å². The van der Waals surface area contributed by atoms with Crippen LogP contribution in [0.5, 0.6) is 0 Å². The van der Waals surface area contributed by atoms with Gasteiger partial charge in [0, 0.05) is 0 Å². The zero-order chi connectivity index (χ0) is 11.9. The van der Waals surface area contributed by atoms with Crippen molar-refractivity contribution < 1.29 is 10.2 Å². The third kappa shape index (κ3) is 5.75. The second kappa shape index (κ2) is 6.09. The molecule has 0 bridgehead atoms. The molecule has 0 saturated carbocycles. The topological polar surface area (TPSA) is 66.5 Å². The maximum Gasteiger partial charge on any atom is 0.115 e. The van der Waals surface area contributed by atoms with Gasteiger partial charge >= 0.3 is 0 Å². The molecular weight excluding hydrogens is 190 g/mol.